The van der Waals surface area contributed by atoms with Gasteiger partial charge in [0.25, 0.3) is 0 Å². The van der Waals surface area contributed by atoms with Crippen LogP contribution >= 0.6 is 0 Å². The summed E-state index contributed by atoms with van der Waals surface area (Å²) in [4.78, 5) is 2.69. The lowest BCUT2D eigenvalue weighted by atomic mass is 9.98. The van der Waals surface area contributed by atoms with Crippen LogP contribution in [0, 0.1) is 5.92 Å². The molecular weight excluding hydrogens is 232 g/mol. The lowest BCUT2D eigenvalue weighted by Crippen LogP contribution is -2.32. The summed E-state index contributed by atoms with van der Waals surface area (Å²) in [5.74, 6) is 1.60. The number of nitrogens with zero attached hydrogens (tertiary/aromatic N) is 1. The zero-order valence-corrected chi connectivity index (χ0v) is 12.0. The fourth-order valence-electron chi connectivity index (χ4n) is 4.02. The zero-order valence-electron chi connectivity index (χ0n) is 12.0. The van der Waals surface area contributed by atoms with E-state index in [2.05, 4.69) is 36.1 Å². The Morgan fingerprint density at radius 3 is 2.84 bits per heavy atom. The van der Waals surface area contributed by atoms with E-state index < -0.39 is 0 Å². The van der Waals surface area contributed by atoms with E-state index in [1.807, 2.05) is 0 Å². The minimum Gasteiger partial charge on any atom is -0.368 e. The van der Waals surface area contributed by atoms with Crippen molar-refractivity contribution in [2.75, 3.05) is 18.0 Å². The second-order valence-corrected chi connectivity index (χ2v) is 6.23. The molecule has 1 aromatic rings. The van der Waals surface area contributed by atoms with Crippen LogP contribution < -0.4 is 10.6 Å². The maximum absolute atomic E-state index is 5.79. The zero-order chi connectivity index (χ0) is 13.2. The van der Waals surface area contributed by atoms with Crippen molar-refractivity contribution in [3.8, 4) is 0 Å². The first kappa shape index (κ1) is 13.0. The van der Waals surface area contributed by atoms with Gasteiger partial charge in [-0.1, -0.05) is 31.5 Å². The van der Waals surface area contributed by atoms with Crippen LogP contribution in [-0.2, 0) is 0 Å². The molecule has 0 aromatic heterocycles. The van der Waals surface area contributed by atoms with Gasteiger partial charge in [-0.25, -0.2) is 0 Å². The number of rotatable bonds is 4. The number of para-hydroxylation sites is 1. The lowest BCUT2D eigenvalue weighted by Gasteiger charge is -2.27. The van der Waals surface area contributed by atoms with Crippen LogP contribution in [-0.4, -0.2) is 19.1 Å². The van der Waals surface area contributed by atoms with Crippen LogP contribution in [0.4, 0.5) is 5.69 Å². The number of anilines is 1. The molecule has 104 valence electrons. The first-order valence-electron chi connectivity index (χ1n) is 7.89. The molecule has 2 nitrogen and oxygen atoms in total. The Labute approximate surface area is 117 Å². The van der Waals surface area contributed by atoms with Gasteiger partial charge in [-0.15, -0.1) is 0 Å². The third-order valence-corrected chi connectivity index (χ3v) is 5.15. The Bertz CT molecular complexity index is 429. The Morgan fingerprint density at radius 2 is 2.11 bits per heavy atom. The van der Waals surface area contributed by atoms with Gasteiger partial charge in [0.05, 0.1) is 0 Å². The molecule has 1 aliphatic heterocycles. The van der Waals surface area contributed by atoms with Crippen LogP contribution in [0.15, 0.2) is 24.3 Å². The van der Waals surface area contributed by atoms with Crippen molar-refractivity contribution in [2.24, 2.45) is 11.7 Å². The highest BCUT2D eigenvalue weighted by atomic mass is 15.2. The molecule has 3 unspecified atom stereocenters. The highest BCUT2D eigenvalue weighted by Crippen LogP contribution is 2.43. The van der Waals surface area contributed by atoms with Crippen LogP contribution in [0.2, 0.25) is 0 Å². The maximum Gasteiger partial charge on any atom is 0.0405 e. The molecule has 0 radical (unpaired) electrons. The van der Waals surface area contributed by atoms with Gasteiger partial charge in [0.2, 0.25) is 0 Å². The third-order valence-electron chi connectivity index (χ3n) is 5.15. The number of hydrogen-bond donors (Lipinski definition) is 1. The second kappa shape index (κ2) is 5.54. The average Bonchev–Trinajstić information content (AvgIpc) is 3.04. The fourth-order valence-corrected chi connectivity index (χ4v) is 4.02. The molecule has 19 heavy (non-hydrogen) atoms. The molecule has 1 fully saturated rings. The average molecular weight is 258 g/mol. The first-order valence-corrected chi connectivity index (χ1v) is 7.89. The summed E-state index contributed by atoms with van der Waals surface area (Å²) in [6.07, 6.45) is 6.65. The van der Waals surface area contributed by atoms with Gasteiger partial charge in [-0.05, 0) is 49.8 Å². The second-order valence-electron chi connectivity index (χ2n) is 6.23. The molecule has 3 rings (SSSR count). The van der Waals surface area contributed by atoms with E-state index in [-0.39, 0.29) is 0 Å². The largest absolute Gasteiger partial charge is 0.368 e. The van der Waals surface area contributed by atoms with Gasteiger partial charge >= 0.3 is 0 Å². The number of benzene rings is 1. The molecule has 2 heteroatoms. The van der Waals surface area contributed by atoms with E-state index in [1.165, 1.54) is 43.5 Å². The van der Waals surface area contributed by atoms with Gasteiger partial charge in [0.15, 0.2) is 0 Å². The molecule has 0 saturated heterocycles. The molecule has 3 atom stereocenters. The van der Waals surface area contributed by atoms with Gasteiger partial charge in [-0.3, -0.25) is 0 Å². The summed E-state index contributed by atoms with van der Waals surface area (Å²) in [6.45, 7) is 4.33. The SMILES string of the molecule is CCC1CCC(N2CC(CCN)c3ccccc32)C1. The number of nitrogens with two attached hydrogens (primary N) is 1. The van der Waals surface area contributed by atoms with Gasteiger partial charge in [0, 0.05) is 24.2 Å². The monoisotopic (exact) mass is 258 g/mol. The molecule has 1 aromatic carbocycles. The topological polar surface area (TPSA) is 29.3 Å². The smallest absolute Gasteiger partial charge is 0.0405 e. The van der Waals surface area contributed by atoms with Crippen molar-refractivity contribution in [2.45, 2.75) is 51.0 Å². The summed E-state index contributed by atoms with van der Waals surface area (Å²) in [5, 5.41) is 0. The van der Waals surface area contributed by atoms with E-state index in [9.17, 15) is 0 Å². The highest BCUT2D eigenvalue weighted by molar-refractivity contribution is 5.61. The van der Waals surface area contributed by atoms with Gasteiger partial charge in [0.1, 0.15) is 0 Å². The van der Waals surface area contributed by atoms with Crippen molar-refractivity contribution in [3.63, 3.8) is 0 Å². The van der Waals surface area contributed by atoms with Crippen LogP contribution in [0.5, 0.6) is 0 Å². The quantitative estimate of drug-likeness (QED) is 0.895. The van der Waals surface area contributed by atoms with Crippen LogP contribution in [0.25, 0.3) is 0 Å². The van der Waals surface area contributed by atoms with Crippen molar-refractivity contribution in [1.82, 2.24) is 0 Å². The summed E-state index contributed by atoms with van der Waals surface area (Å²) in [6, 6.07) is 9.75. The Balaban J connectivity index is 1.80. The summed E-state index contributed by atoms with van der Waals surface area (Å²) >= 11 is 0. The van der Waals surface area contributed by atoms with Crippen molar-refractivity contribution >= 4 is 5.69 Å². The van der Waals surface area contributed by atoms with E-state index in [0.29, 0.717) is 5.92 Å². The Kier molecular flexibility index (Phi) is 3.79. The molecule has 0 amide bonds. The van der Waals surface area contributed by atoms with E-state index in [1.54, 1.807) is 0 Å². The molecular formula is C17H26N2. The highest BCUT2D eigenvalue weighted by Gasteiger charge is 2.35. The van der Waals surface area contributed by atoms with E-state index in [0.717, 1.165) is 24.9 Å². The summed E-state index contributed by atoms with van der Waals surface area (Å²) < 4.78 is 0. The lowest BCUT2D eigenvalue weighted by molar-refractivity contribution is 0.506. The van der Waals surface area contributed by atoms with Crippen molar-refractivity contribution in [3.05, 3.63) is 29.8 Å². The summed E-state index contributed by atoms with van der Waals surface area (Å²) in [5.41, 5.74) is 8.81. The number of fused-ring (bicyclic) bond motifs is 1. The first-order chi connectivity index (χ1) is 9.33. The molecule has 1 heterocycles. The van der Waals surface area contributed by atoms with Crippen molar-refractivity contribution in [1.29, 1.82) is 0 Å². The fraction of sp³-hybridized carbons (Fsp3) is 0.647. The number of hydrogen-bond acceptors (Lipinski definition) is 2. The third kappa shape index (κ3) is 2.38. The van der Waals surface area contributed by atoms with E-state index >= 15 is 0 Å². The van der Waals surface area contributed by atoms with Crippen LogP contribution in [0.1, 0.15) is 50.5 Å². The molecule has 2 aliphatic rings. The minimum absolute atomic E-state index is 0.655. The van der Waals surface area contributed by atoms with Gasteiger partial charge in [-0.2, -0.15) is 0 Å². The summed E-state index contributed by atoms with van der Waals surface area (Å²) in [7, 11) is 0. The predicted octanol–water partition coefficient (Wildman–Crippen LogP) is 3.52. The van der Waals surface area contributed by atoms with E-state index in [4.69, 9.17) is 5.73 Å². The van der Waals surface area contributed by atoms with Crippen LogP contribution in [0.3, 0.4) is 0 Å². The molecule has 0 spiro atoms. The standard InChI is InChI=1S/C17H26N2/c1-2-13-7-8-15(11-13)19-12-14(9-10-18)16-5-3-4-6-17(16)19/h3-6,13-15H,2,7-12,18H2,1H3. The molecule has 2 N–H and O–H groups in total. The predicted molar refractivity (Wildman–Crippen MR) is 81.6 cm³/mol. The normalized spacial score (nSPS) is 29.8. The Hall–Kier alpha value is -1.02. The molecule has 0 bridgehead atoms. The maximum atomic E-state index is 5.79. The minimum atomic E-state index is 0.655. The molecule has 1 aliphatic carbocycles. The molecule has 1 saturated carbocycles. The Morgan fingerprint density at radius 1 is 1.26 bits per heavy atom. The van der Waals surface area contributed by atoms with Gasteiger partial charge < -0.3 is 10.6 Å². The van der Waals surface area contributed by atoms with Crippen molar-refractivity contribution < 1.29 is 0 Å².